The van der Waals surface area contributed by atoms with Crippen molar-refractivity contribution in [3.63, 3.8) is 0 Å². The molecule has 0 bridgehead atoms. The molecule has 1 heterocycles. The smallest absolute Gasteiger partial charge is 0.132 e. The van der Waals surface area contributed by atoms with Crippen molar-refractivity contribution in [1.82, 2.24) is 9.97 Å². The van der Waals surface area contributed by atoms with E-state index in [2.05, 4.69) is 48.3 Å². The molecule has 0 radical (unpaired) electrons. The second-order valence-corrected chi connectivity index (χ2v) is 3.74. The molecule has 0 spiro atoms. The van der Waals surface area contributed by atoms with E-state index < -0.39 is 0 Å². The van der Waals surface area contributed by atoms with Crippen LogP contribution in [0.2, 0.25) is 0 Å². The molecule has 1 rings (SSSR count). The largest absolute Gasteiger partial charge is 0.370 e. The van der Waals surface area contributed by atoms with Gasteiger partial charge >= 0.3 is 0 Å². The predicted molar refractivity (Wildman–Crippen MR) is 64.3 cm³/mol. The van der Waals surface area contributed by atoms with Gasteiger partial charge in [0.25, 0.3) is 0 Å². The molecule has 0 saturated heterocycles. The van der Waals surface area contributed by atoms with E-state index in [0.717, 1.165) is 30.4 Å². The molecule has 0 aliphatic rings. The van der Waals surface area contributed by atoms with Gasteiger partial charge in [-0.25, -0.2) is 9.97 Å². The zero-order valence-corrected chi connectivity index (χ0v) is 9.96. The Balaban J connectivity index is 2.89. The molecule has 0 saturated carbocycles. The summed E-state index contributed by atoms with van der Waals surface area (Å²) in [6.07, 6.45) is 0.853. The van der Waals surface area contributed by atoms with Crippen LogP contribution in [-0.2, 0) is 6.42 Å². The molecule has 4 nitrogen and oxygen atoms in total. The van der Waals surface area contributed by atoms with Gasteiger partial charge in [-0.05, 0) is 20.8 Å². The molecule has 15 heavy (non-hydrogen) atoms. The highest BCUT2D eigenvalue weighted by molar-refractivity contribution is 5.47. The normalized spacial score (nSPS) is 10.5. The number of aryl methyl sites for hydroxylation is 1. The summed E-state index contributed by atoms with van der Waals surface area (Å²) in [7, 11) is 0. The van der Waals surface area contributed by atoms with Crippen LogP contribution in [0.25, 0.3) is 0 Å². The number of nitrogens with zero attached hydrogens (tertiary/aromatic N) is 2. The van der Waals surface area contributed by atoms with E-state index in [1.165, 1.54) is 0 Å². The van der Waals surface area contributed by atoms with E-state index in [0.29, 0.717) is 6.04 Å². The van der Waals surface area contributed by atoms with Crippen LogP contribution in [0.5, 0.6) is 0 Å². The van der Waals surface area contributed by atoms with Gasteiger partial charge in [0.05, 0.1) is 0 Å². The quantitative estimate of drug-likeness (QED) is 0.779. The van der Waals surface area contributed by atoms with Crippen molar-refractivity contribution in [2.45, 2.75) is 40.2 Å². The van der Waals surface area contributed by atoms with Gasteiger partial charge in [0.1, 0.15) is 17.5 Å². The summed E-state index contributed by atoms with van der Waals surface area (Å²) in [5, 5.41) is 6.49. The highest BCUT2D eigenvalue weighted by Crippen LogP contribution is 2.12. The fourth-order valence-corrected chi connectivity index (χ4v) is 1.30. The maximum atomic E-state index is 4.41. The van der Waals surface area contributed by atoms with E-state index in [4.69, 9.17) is 0 Å². The zero-order chi connectivity index (χ0) is 11.3. The van der Waals surface area contributed by atoms with Crippen LogP contribution in [0.15, 0.2) is 6.07 Å². The number of anilines is 2. The molecule has 0 unspecified atom stereocenters. The Morgan fingerprint density at radius 2 is 1.87 bits per heavy atom. The second kappa shape index (κ2) is 5.53. The third kappa shape index (κ3) is 3.73. The minimum atomic E-state index is 0.388. The van der Waals surface area contributed by atoms with Gasteiger partial charge in [0.15, 0.2) is 0 Å². The molecule has 0 aliphatic carbocycles. The van der Waals surface area contributed by atoms with Crippen molar-refractivity contribution >= 4 is 11.6 Å². The van der Waals surface area contributed by atoms with Crippen molar-refractivity contribution in [1.29, 1.82) is 0 Å². The molecule has 0 aromatic carbocycles. The summed E-state index contributed by atoms with van der Waals surface area (Å²) in [5.41, 5.74) is 0. The van der Waals surface area contributed by atoms with Crippen LogP contribution in [0.4, 0.5) is 11.6 Å². The molecule has 0 aliphatic heterocycles. The van der Waals surface area contributed by atoms with Gasteiger partial charge < -0.3 is 10.6 Å². The number of hydrogen-bond donors (Lipinski definition) is 2. The Hall–Kier alpha value is -1.32. The van der Waals surface area contributed by atoms with Crippen LogP contribution in [0, 0.1) is 0 Å². The van der Waals surface area contributed by atoms with Crippen molar-refractivity contribution < 1.29 is 0 Å². The highest BCUT2D eigenvalue weighted by atomic mass is 15.1. The Morgan fingerprint density at radius 1 is 1.20 bits per heavy atom. The molecule has 1 aromatic rings. The summed E-state index contributed by atoms with van der Waals surface area (Å²) in [5.74, 6) is 2.66. The van der Waals surface area contributed by atoms with Gasteiger partial charge in [0, 0.05) is 25.1 Å². The van der Waals surface area contributed by atoms with E-state index in [9.17, 15) is 0 Å². The van der Waals surface area contributed by atoms with Crippen molar-refractivity contribution in [3.8, 4) is 0 Å². The van der Waals surface area contributed by atoms with Crippen molar-refractivity contribution in [2.24, 2.45) is 0 Å². The minimum Gasteiger partial charge on any atom is -0.370 e. The molecular weight excluding hydrogens is 188 g/mol. The standard InChI is InChI=1S/C11H20N4/c1-5-9-14-10(12-6-2)7-11(15-9)13-8(3)4/h7-8H,5-6H2,1-4H3,(H2,12,13,14,15). The summed E-state index contributed by atoms with van der Waals surface area (Å²) in [4.78, 5) is 8.80. The van der Waals surface area contributed by atoms with Crippen LogP contribution in [0.3, 0.4) is 0 Å². The van der Waals surface area contributed by atoms with E-state index >= 15 is 0 Å². The maximum Gasteiger partial charge on any atom is 0.132 e. The summed E-state index contributed by atoms with van der Waals surface area (Å²) >= 11 is 0. The maximum absolute atomic E-state index is 4.41. The van der Waals surface area contributed by atoms with Gasteiger partial charge in [-0.3, -0.25) is 0 Å². The number of hydrogen-bond acceptors (Lipinski definition) is 4. The Bertz CT molecular complexity index is 309. The lowest BCUT2D eigenvalue weighted by molar-refractivity contribution is 0.868. The average Bonchev–Trinajstić information content (AvgIpc) is 2.16. The van der Waals surface area contributed by atoms with Gasteiger partial charge in [-0.2, -0.15) is 0 Å². The molecule has 4 heteroatoms. The lowest BCUT2D eigenvalue weighted by Gasteiger charge is -2.12. The fraction of sp³-hybridized carbons (Fsp3) is 0.636. The fourth-order valence-electron chi connectivity index (χ4n) is 1.30. The molecular formula is C11H20N4. The first-order valence-corrected chi connectivity index (χ1v) is 5.54. The number of nitrogens with one attached hydrogen (secondary N) is 2. The second-order valence-electron chi connectivity index (χ2n) is 3.74. The van der Waals surface area contributed by atoms with Crippen molar-refractivity contribution in [3.05, 3.63) is 11.9 Å². The van der Waals surface area contributed by atoms with Gasteiger partial charge in [-0.15, -0.1) is 0 Å². The van der Waals surface area contributed by atoms with Gasteiger partial charge in [0.2, 0.25) is 0 Å². The first-order valence-electron chi connectivity index (χ1n) is 5.54. The average molecular weight is 208 g/mol. The molecule has 0 atom stereocenters. The van der Waals surface area contributed by atoms with E-state index in [1.807, 2.05) is 6.07 Å². The van der Waals surface area contributed by atoms with E-state index in [-0.39, 0.29) is 0 Å². The predicted octanol–water partition coefficient (Wildman–Crippen LogP) is 2.29. The molecule has 1 aromatic heterocycles. The zero-order valence-electron chi connectivity index (χ0n) is 9.96. The topological polar surface area (TPSA) is 49.8 Å². The lowest BCUT2D eigenvalue weighted by Crippen LogP contribution is -2.13. The van der Waals surface area contributed by atoms with Crippen LogP contribution >= 0.6 is 0 Å². The summed E-state index contributed by atoms with van der Waals surface area (Å²) in [6.45, 7) is 9.19. The summed E-state index contributed by atoms with van der Waals surface area (Å²) in [6, 6.07) is 2.34. The van der Waals surface area contributed by atoms with E-state index in [1.54, 1.807) is 0 Å². The lowest BCUT2D eigenvalue weighted by atomic mass is 10.3. The SMILES string of the molecule is CCNc1cc(NC(C)C)nc(CC)n1. The monoisotopic (exact) mass is 208 g/mol. The Labute approximate surface area is 91.5 Å². The number of rotatable bonds is 5. The highest BCUT2D eigenvalue weighted by Gasteiger charge is 2.03. The Morgan fingerprint density at radius 3 is 2.40 bits per heavy atom. The summed E-state index contributed by atoms with van der Waals surface area (Å²) < 4.78 is 0. The molecule has 0 fully saturated rings. The van der Waals surface area contributed by atoms with Crippen molar-refractivity contribution in [2.75, 3.05) is 17.2 Å². The van der Waals surface area contributed by atoms with Crippen LogP contribution in [0.1, 0.15) is 33.5 Å². The third-order valence-corrected chi connectivity index (χ3v) is 1.88. The molecule has 2 N–H and O–H groups in total. The molecule has 84 valence electrons. The first kappa shape index (κ1) is 11.8. The minimum absolute atomic E-state index is 0.388. The van der Waals surface area contributed by atoms with Crippen LogP contribution in [-0.4, -0.2) is 22.6 Å². The molecule has 0 amide bonds. The van der Waals surface area contributed by atoms with Crippen LogP contribution < -0.4 is 10.6 Å². The Kier molecular flexibility index (Phi) is 4.34. The third-order valence-electron chi connectivity index (χ3n) is 1.88. The van der Waals surface area contributed by atoms with Gasteiger partial charge in [-0.1, -0.05) is 6.92 Å². The number of aromatic nitrogens is 2. The first-order chi connectivity index (χ1) is 7.15.